The van der Waals surface area contributed by atoms with Crippen LogP contribution in [0.1, 0.15) is 5.82 Å². The van der Waals surface area contributed by atoms with E-state index in [0.717, 1.165) is 39.3 Å². The molecule has 1 aromatic carbocycles. The monoisotopic (exact) mass is 297 g/mol. The summed E-state index contributed by atoms with van der Waals surface area (Å²) in [5.41, 5.74) is 0.956. The number of halogens is 1. The summed E-state index contributed by atoms with van der Waals surface area (Å²) in [5.74, 6) is 2.42. The third-order valence-electron chi connectivity index (χ3n) is 2.17. The molecule has 2 rings (SSSR count). The lowest BCUT2D eigenvalue weighted by Gasteiger charge is -2.08. The fraction of sp³-hybridized carbons (Fsp3) is 0.273. The van der Waals surface area contributed by atoms with Gasteiger partial charge in [-0.2, -0.15) is 12.6 Å². The number of benzene rings is 1. The van der Waals surface area contributed by atoms with E-state index >= 15 is 0 Å². The van der Waals surface area contributed by atoms with Crippen molar-refractivity contribution in [2.24, 2.45) is 0 Å². The smallest absolute Gasteiger partial charge is 0.137 e. The van der Waals surface area contributed by atoms with Crippen LogP contribution in [0.4, 0.5) is 5.82 Å². The molecule has 3 nitrogen and oxygen atoms in total. The normalized spacial score (nSPS) is 10.7. The van der Waals surface area contributed by atoms with Crippen LogP contribution in [0, 0.1) is 6.92 Å². The Balaban J connectivity index is 2.55. The second-order valence-corrected chi connectivity index (χ2v) is 4.79. The Bertz CT molecular complexity index is 516. The molecule has 0 radical (unpaired) electrons. The molecular formula is C11H12BrN3S. The van der Waals surface area contributed by atoms with Gasteiger partial charge in [-0.3, -0.25) is 0 Å². The number of aromatic nitrogens is 2. The highest BCUT2D eigenvalue weighted by Gasteiger charge is 2.05. The van der Waals surface area contributed by atoms with Gasteiger partial charge >= 0.3 is 0 Å². The molecule has 0 aliphatic heterocycles. The van der Waals surface area contributed by atoms with Crippen molar-refractivity contribution in [3.63, 3.8) is 0 Å². The third-order valence-corrected chi connectivity index (χ3v) is 2.89. The molecule has 84 valence electrons. The molecule has 0 saturated heterocycles. The number of nitrogens with one attached hydrogen (secondary N) is 1. The zero-order chi connectivity index (χ0) is 11.5. The molecule has 16 heavy (non-hydrogen) atoms. The first-order chi connectivity index (χ1) is 7.70. The predicted octanol–water partition coefficient (Wildman–Crippen LogP) is 3.04. The second-order valence-electron chi connectivity index (χ2n) is 3.43. The van der Waals surface area contributed by atoms with Crippen molar-refractivity contribution in [3.8, 4) is 0 Å². The molecule has 0 bridgehead atoms. The number of rotatable bonds is 3. The number of hydrogen-bond donors (Lipinski definition) is 2. The molecule has 0 amide bonds. The highest BCUT2D eigenvalue weighted by Crippen LogP contribution is 2.24. The minimum Gasteiger partial charge on any atom is -0.369 e. The van der Waals surface area contributed by atoms with Crippen molar-refractivity contribution >= 4 is 45.3 Å². The standard InChI is InChI=1S/C11H12BrN3S/c1-7-14-10-3-2-8(12)6-9(10)11(15-7)13-4-5-16/h2-3,6,16H,4-5H2,1H3,(H,13,14,15). The van der Waals surface area contributed by atoms with Gasteiger partial charge in [-0.25, -0.2) is 9.97 Å². The van der Waals surface area contributed by atoms with Crippen LogP contribution in [0.25, 0.3) is 10.9 Å². The van der Waals surface area contributed by atoms with E-state index in [9.17, 15) is 0 Å². The van der Waals surface area contributed by atoms with Gasteiger partial charge in [0.15, 0.2) is 0 Å². The summed E-state index contributed by atoms with van der Waals surface area (Å²) in [6.45, 7) is 2.69. The van der Waals surface area contributed by atoms with Crippen LogP contribution < -0.4 is 5.32 Å². The van der Waals surface area contributed by atoms with Gasteiger partial charge in [0.2, 0.25) is 0 Å². The van der Waals surface area contributed by atoms with E-state index in [0.29, 0.717) is 0 Å². The first kappa shape index (κ1) is 11.7. The Morgan fingerprint density at radius 3 is 2.94 bits per heavy atom. The van der Waals surface area contributed by atoms with E-state index in [1.807, 2.05) is 25.1 Å². The molecule has 0 fully saturated rings. The van der Waals surface area contributed by atoms with Crippen LogP contribution in [0.15, 0.2) is 22.7 Å². The van der Waals surface area contributed by atoms with E-state index in [4.69, 9.17) is 0 Å². The lowest BCUT2D eigenvalue weighted by Crippen LogP contribution is -2.06. The number of thiol groups is 1. The van der Waals surface area contributed by atoms with E-state index in [-0.39, 0.29) is 0 Å². The molecular weight excluding hydrogens is 286 g/mol. The maximum Gasteiger partial charge on any atom is 0.137 e. The summed E-state index contributed by atoms with van der Waals surface area (Å²) in [6, 6.07) is 5.99. The van der Waals surface area contributed by atoms with Gasteiger partial charge in [0.1, 0.15) is 11.6 Å². The number of fused-ring (bicyclic) bond motifs is 1. The van der Waals surface area contributed by atoms with E-state index in [2.05, 4.69) is 43.8 Å². The van der Waals surface area contributed by atoms with Crippen LogP contribution >= 0.6 is 28.6 Å². The second kappa shape index (κ2) is 5.01. The molecule has 0 atom stereocenters. The Morgan fingerprint density at radius 1 is 1.38 bits per heavy atom. The molecule has 1 heterocycles. The Hall–Kier alpha value is -0.810. The van der Waals surface area contributed by atoms with Crippen molar-refractivity contribution in [2.75, 3.05) is 17.6 Å². The SMILES string of the molecule is Cc1nc(NCCS)c2cc(Br)ccc2n1. The van der Waals surface area contributed by atoms with Crippen LogP contribution in [0.3, 0.4) is 0 Å². The van der Waals surface area contributed by atoms with E-state index < -0.39 is 0 Å². The molecule has 0 saturated carbocycles. The molecule has 1 N–H and O–H groups in total. The zero-order valence-corrected chi connectivity index (χ0v) is 11.3. The average Bonchev–Trinajstić information content (AvgIpc) is 2.26. The topological polar surface area (TPSA) is 37.8 Å². The van der Waals surface area contributed by atoms with Crippen molar-refractivity contribution in [3.05, 3.63) is 28.5 Å². The summed E-state index contributed by atoms with van der Waals surface area (Å²) in [5, 5.41) is 4.29. The van der Waals surface area contributed by atoms with Gasteiger partial charge in [0, 0.05) is 22.2 Å². The number of aryl methyl sites for hydroxylation is 1. The summed E-state index contributed by atoms with van der Waals surface area (Å²) in [6.07, 6.45) is 0. The predicted molar refractivity (Wildman–Crippen MR) is 74.3 cm³/mol. The largest absolute Gasteiger partial charge is 0.369 e. The maximum absolute atomic E-state index is 4.40. The molecule has 1 aromatic heterocycles. The van der Waals surface area contributed by atoms with Crippen molar-refractivity contribution in [1.29, 1.82) is 0 Å². The summed E-state index contributed by atoms with van der Waals surface area (Å²) in [7, 11) is 0. The maximum atomic E-state index is 4.40. The lowest BCUT2D eigenvalue weighted by molar-refractivity contribution is 1.07. The fourth-order valence-electron chi connectivity index (χ4n) is 1.53. The Labute approximate surface area is 108 Å². The van der Waals surface area contributed by atoms with Gasteiger partial charge in [0.05, 0.1) is 5.52 Å². The van der Waals surface area contributed by atoms with Gasteiger partial charge in [-0.05, 0) is 25.1 Å². The van der Waals surface area contributed by atoms with E-state index in [1.54, 1.807) is 0 Å². The third kappa shape index (κ3) is 2.47. The van der Waals surface area contributed by atoms with Gasteiger partial charge in [-0.1, -0.05) is 15.9 Å². The molecule has 0 unspecified atom stereocenters. The summed E-state index contributed by atoms with van der Waals surface area (Å²) in [4.78, 5) is 8.80. The summed E-state index contributed by atoms with van der Waals surface area (Å²) < 4.78 is 1.03. The molecule has 0 spiro atoms. The first-order valence-corrected chi connectivity index (χ1v) is 6.42. The fourth-order valence-corrected chi connectivity index (χ4v) is 2.00. The van der Waals surface area contributed by atoms with E-state index in [1.165, 1.54) is 0 Å². The van der Waals surface area contributed by atoms with Crippen LogP contribution in [-0.2, 0) is 0 Å². The van der Waals surface area contributed by atoms with Crippen LogP contribution in [-0.4, -0.2) is 22.3 Å². The van der Waals surface area contributed by atoms with Gasteiger partial charge in [-0.15, -0.1) is 0 Å². The zero-order valence-electron chi connectivity index (χ0n) is 8.87. The number of hydrogen-bond acceptors (Lipinski definition) is 4. The van der Waals surface area contributed by atoms with Crippen LogP contribution in [0.2, 0.25) is 0 Å². The van der Waals surface area contributed by atoms with Crippen molar-refractivity contribution in [2.45, 2.75) is 6.92 Å². The van der Waals surface area contributed by atoms with Gasteiger partial charge < -0.3 is 5.32 Å². The highest BCUT2D eigenvalue weighted by atomic mass is 79.9. The van der Waals surface area contributed by atoms with Crippen molar-refractivity contribution in [1.82, 2.24) is 9.97 Å². The van der Waals surface area contributed by atoms with Gasteiger partial charge in [0.25, 0.3) is 0 Å². The first-order valence-electron chi connectivity index (χ1n) is 4.99. The number of anilines is 1. The Morgan fingerprint density at radius 2 is 2.19 bits per heavy atom. The van der Waals surface area contributed by atoms with Crippen LogP contribution in [0.5, 0.6) is 0 Å². The lowest BCUT2D eigenvalue weighted by atomic mass is 10.2. The molecule has 0 aliphatic rings. The minimum atomic E-state index is 0.775. The molecule has 5 heteroatoms. The molecule has 0 aliphatic carbocycles. The van der Waals surface area contributed by atoms with Crippen molar-refractivity contribution < 1.29 is 0 Å². The minimum absolute atomic E-state index is 0.775. The quantitative estimate of drug-likeness (QED) is 0.855. The average molecular weight is 298 g/mol. The molecule has 2 aromatic rings. The highest BCUT2D eigenvalue weighted by molar-refractivity contribution is 9.10. The summed E-state index contributed by atoms with van der Waals surface area (Å²) >= 11 is 7.63. The Kier molecular flexibility index (Phi) is 3.66. The number of nitrogens with zero attached hydrogens (tertiary/aromatic N) is 2.